The van der Waals surface area contributed by atoms with Gasteiger partial charge in [0, 0.05) is 43.3 Å². The zero-order valence-electron chi connectivity index (χ0n) is 17.9. The zero-order valence-corrected chi connectivity index (χ0v) is 17.9. The SMILES string of the molecule is N#Cc1ccc(N2CCC(NC(=O)CCNC(=O)c3ccc4ccccc4c3)CC2)cc1. The summed E-state index contributed by atoms with van der Waals surface area (Å²) in [6.45, 7) is 2.02. The number of carbonyl (C=O) groups excluding carboxylic acids is 2. The monoisotopic (exact) mass is 426 g/mol. The third-order valence-electron chi connectivity index (χ3n) is 5.87. The quantitative estimate of drug-likeness (QED) is 0.631. The van der Waals surface area contributed by atoms with Crippen LogP contribution in [0.15, 0.2) is 66.7 Å². The fourth-order valence-corrected chi connectivity index (χ4v) is 4.05. The summed E-state index contributed by atoms with van der Waals surface area (Å²) in [4.78, 5) is 27.0. The van der Waals surface area contributed by atoms with E-state index in [1.807, 2.05) is 60.7 Å². The second-order valence-corrected chi connectivity index (χ2v) is 8.06. The molecule has 1 heterocycles. The van der Waals surface area contributed by atoms with E-state index in [1.54, 1.807) is 6.07 Å². The van der Waals surface area contributed by atoms with Crippen LogP contribution in [0, 0.1) is 11.3 Å². The van der Waals surface area contributed by atoms with Crippen molar-refractivity contribution in [3.05, 3.63) is 77.9 Å². The third-order valence-corrected chi connectivity index (χ3v) is 5.87. The van der Waals surface area contributed by atoms with Gasteiger partial charge in [-0.25, -0.2) is 0 Å². The summed E-state index contributed by atoms with van der Waals surface area (Å²) in [5.74, 6) is -0.208. The van der Waals surface area contributed by atoms with E-state index < -0.39 is 0 Å². The van der Waals surface area contributed by atoms with E-state index in [4.69, 9.17) is 5.26 Å². The first-order valence-corrected chi connectivity index (χ1v) is 10.9. The highest BCUT2D eigenvalue weighted by Crippen LogP contribution is 2.20. The third kappa shape index (κ3) is 5.25. The topological polar surface area (TPSA) is 85.2 Å². The van der Waals surface area contributed by atoms with Gasteiger partial charge in [-0.05, 0) is 60.0 Å². The Morgan fingerprint density at radius 1 is 0.969 bits per heavy atom. The van der Waals surface area contributed by atoms with Crippen LogP contribution < -0.4 is 15.5 Å². The molecular formula is C26H26N4O2. The molecule has 1 saturated heterocycles. The largest absolute Gasteiger partial charge is 0.371 e. The molecule has 3 aromatic rings. The van der Waals surface area contributed by atoms with Crippen molar-refractivity contribution in [3.63, 3.8) is 0 Å². The molecule has 0 atom stereocenters. The number of piperidine rings is 1. The number of hydrogen-bond donors (Lipinski definition) is 2. The van der Waals surface area contributed by atoms with Gasteiger partial charge in [0.1, 0.15) is 0 Å². The maximum absolute atomic E-state index is 12.4. The first kappa shape index (κ1) is 21.4. The lowest BCUT2D eigenvalue weighted by Crippen LogP contribution is -2.45. The van der Waals surface area contributed by atoms with Gasteiger partial charge in [0.2, 0.25) is 5.91 Å². The molecule has 1 fully saturated rings. The number of nitrogens with zero attached hydrogens (tertiary/aromatic N) is 2. The summed E-state index contributed by atoms with van der Waals surface area (Å²) >= 11 is 0. The molecule has 4 rings (SSSR count). The lowest BCUT2D eigenvalue weighted by atomic mass is 10.0. The van der Waals surface area contributed by atoms with Crippen LogP contribution in [0.25, 0.3) is 10.8 Å². The van der Waals surface area contributed by atoms with E-state index in [-0.39, 0.29) is 24.3 Å². The first-order valence-electron chi connectivity index (χ1n) is 10.9. The van der Waals surface area contributed by atoms with Crippen molar-refractivity contribution >= 4 is 28.3 Å². The lowest BCUT2D eigenvalue weighted by molar-refractivity contribution is -0.121. The fourth-order valence-electron chi connectivity index (χ4n) is 4.05. The maximum atomic E-state index is 12.4. The Balaban J connectivity index is 1.19. The Hall–Kier alpha value is -3.85. The van der Waals surface area contributed by atoms with E-state index in [1.165, 1.54) is 0 Å². The highest BCUT2D eigenvalue weighted by Gasteiger charge is 2.21. The Labute approximate surface area is 187 Å². The van der Waals surface area contributed by atoms with Crippen LogP contribution >= 0.6 is 0 Å². The van der Waals surface area contributed by atoms with Crippen LogP contribution in [-0.4, -0.2) is 37.5 Å². The molecule has 162 valence electrons. The molecule has 32 heavy (non-hydrogen) atoms. The van der Waals surface area contributed by atoms with Gasteiger partial charge in [0.25, 0.3) is 5.91 Å². The molecule has 0 aromatic heterocycles. The summed E-state index contributed by atoms with van der Waals surface area (Å²) in [7, 11) is 0. The summed E-state index contributed by atoms with van der Waals surface area (Å²) in [5, 5.41) is 17.0. The molecule has 0 radical (unpaired) electrons. The standard InChI is InChI=1S/C26H26N4O2/c27-18-19-5-9-24(10-6-19)30-15-12-23(13-16-30)29-25(31)11-14-28-26(32)22-8-7-20-3-1-2-4-21(20)17-22/h1-10,17,23H,11-16H2,(H,28,32)(H,29,31). The number of nitrogens with one attached hydrogen (secondary N) is 2. The highest BCUT2D eigenvalue weighted by molar-refractivity contribution is 5.98. The second kappa shape index (κ2) is 9.97. The minimum atomic E-state index is -0.167. The number of nitriles is 1. The van der Waals surface area contributed by atoms with Gasteiger partial charge in [0.05, 0.1) is 11.6 Å². The number of hydrogen-bond acceptors (Lipinski definition) is 4. The van der Waals surface area contributed by atoms with Crippen molar-refractivity contribution in [2.45, 2.75) is 25.3 Å². The molecule has 1 aliphatic heterocycles. The number of rotatable bonds is 6. The molecule has 2 amide bonds. The van der Waals surface area contributed by atoms with E-state index >= 15 is 0 Å². The normalized spacial score (nSPS) is 14.0. The van der Waals surface area contributed by atoms with Crippen LogP contribution in [0.3, 0.4) is 0 Å². The van der Waals surface area contributed by atoms with E-state index in [2.05, 4.69) is 21.6 Å². The Morgan fingerprint density at radius 3 is 2.41 bits per heavy atom. The summed E-state index contributed by atoms with van der Waals surface area (Å²) in [5.41, 5.74) is 2.35. The molecule has 6 nitrogen and oxygen atoms in total. The van der Waals surface area contributed by atoms with E-state index in [0.29, 0.717) is 17.7 Å². The van der Waals surface area contributed by atoms with Gasteiger partial charge in [-0.15, -0.1) is 0 Å². The average Bonchev–Trinajstić information content (AvgIpc) is 2.84. The van der Waals surface area contributed by atoms with Gasteiger partial charge in [-0.3, -0.25) is 9.59 Å². The minimum Gasteiger partial charge on any atom is -0.371 e. The summed E-state index contributed by atoms with van der Waals surface area (Å²) < 4.78 is 0. The van der Waals surface area contributed by atoms with Gasteiger partial charge >= 0.3 is 0 Å². The fraction of sp³-hybridized carbons (Fsp3) is 0.269. The van der Waals surface area contributed by atoms with Crippen LogP contribution in [0.5, 0.6) is 0 Å². The molecule has 0 aliphatic carbocycles. The van der Waals surface area contributed by atoms with E-state index in [0.717, 1.165) is 42.4 Å². The highest BCUT2D eigenvalue weighted by atomic mass is 16.2. The molecule has 0 unspecified atom stereocenters. The van der Waals surface area contributed by atoms with E-state index in [9.17, 15) is 9.59 Å². The number of fused-ring (bicyclic) bond motifs is 1. The summed E-state index contributed by atoms with van der Waals surface area (Å²) in [6, 6.07) is 23.4. The predicted molar refractivity (Wildman–Crippen MR) is 125 cm³/mol. The molecule has 6 heteroatoms. The molecule has 0 bridgehead atoms. The van der Waals surface area contributed by atoms with Crippen molar-refractivity contribution in [3.8, 4) is 6.07 Å². The molecule has 1 aliphatic rings. The summed E-state index contributed by atoms with van der Waals surface area (Å²) in [6.07, 6.45) is 2.00. The second-order valence-electron chi connectivity index (χ2n) is 8.06. The van der Waals surface area contributed by atoms with Crippen LogP contribution in [0.4, 0.5) is 5.69 Å². The number of carbonyl (C=O) groups is 2. The predicted octanol–water partition coefficient (Wildman–Crippen LogP) is 3.62. The van der Waals surface area contributed by atoms with Crippen molar-refractivity contribution in [1.29, 1.82) is 5.26 Å². The van der Waals surface area contributed by atoms with Crippen molar-refractivity contribution in [2.75, 3.05) is 24.5 Å². The van der Waals surface area contributed by atoms with Crippen LogP contribution in [-0.2, 0) is 4.79 Å². The van der Waals surface area contributed by atoms with Gasteiger partial charge in [-0.2, -0.15) is 5.26 Å². The Bertz CT molecular complexity index is 1140. The molecule has 0 spiro atoms. The van der Waals surface area contributed by atoms with Gasteiger partial charge < -0.3 is 15.5 Å². The van der Waals surface area contributed by atoms with Gasteiger partial charge in [-0.1, -0.05) is 30.3 Å². The molecular weight excluding hydrogens is 400 g/mol. The number of benzene rings is 3. The first-order chi connectivity index (χ1) is 15.6. The van der Waals surface area contributed by atoms with Crippen molar-refractivity contribution in [1.82, 2.24) is 10.6 Å². The lowest BCUT2D eigenvalue weighted by Gasteiger charge is -2.34. The molecule has 0 saturated carbocycles. The van der Waals surface area contributed by atoms with Crippen LogP contribution in [0.2, 0.25) is 0 Å². The maximum Gasteiger partial charge on any atom is 0.251 e. The Kier molecular flexibility index (Phi) is 6.66. The number of anilines is 1. The zero-order chi connectivity index (χ0) is 22.3. The minimum absolute atomic E-state index is 0.0411. The van der Waals surface area contributed by atoms with Crippen molar-refractivity contribution < 1.29 is 9.59 Å². The number of amides is 2. The Morgan fingerprint density at radius 2 is 1.69 bits per heavy atom. The average molecular weight is 427 g/mol. The van der Waals surface area contributed by atoms with Crippen LogP contribution in [0.1, 0.15) is 35.2 Å². The molecule has 2 N–H and O–H groups in total. The van der Waals surface area contributed by atoms with Gasteiger partial charge in [0.15, 0.2) is 0 Å². The van der Waals surface area contributed by atoms with Crippen molar-refractivity contribution in [2.24, 2.45) is 0 Å². The molecule has 3 aromatic carbocycles. The smallest absolute Gasteiger partial charge is 0.251 e.